The van der Waals surface area contributed by atoms with Crippen molar-refractivity contribution in [1.29, 1.82) is 5.41 Å². The van der Waals surface area contributed by atoms with Crippen molar-refractivity contribution in [3.8, 4) is 5.88 Å². The van der Waals surface area contributed by atoms with Gasteiger partial charge < -0.3 is 15.1 Å². The molecule has 0 radical (unpaired) electrons. The molecule has 3 nitrogen and oxygen atoms in total. The van der Waals surface area contributed by atoms with Crippen molar-refractivity contribution in [1.82, 2.24) is 4.57 Å². The van der Waals surface area contributed by atoms with Crippen LogP contribution in [0.5, 0.6) is 5.88 Å². The van der Waals surface area contributed by atoms with E-state index >= 15 is 0 Å². The molecule has 1 aromatic heterocycles. The predicted molar refractivity (Wildman–Crippen MR) is 57.2 cm³/mol. The van der Waals surface area contributed by atoms with E-state index in [0.29, 0.717) is 12.1 Å². The van der Waals surface area contributed by atoms with Gasteiger partial charge >= 0.3 is 0 Å². The fraction of sp³-hybridized carbons (Fsp3) is 0.182. The second kappa shape index (κ2) is 3.18. The molecule has 0 atom stereocenters. The van der Waals surface area contributed by atoms with Crippen LogP contribution in [0.2, 0.25) is 0 Å². The van der Waals surface area contributed by atoms with Gasteiger partial charge in [0.05, 0.1) is 11.1 Å². The van der Waals surface area contributed by atoms with Crippen LogP contribution in [0.15, 0.2) is 24.3 Å². The third-order valence-corrected chi connectivity index (χ3v) is 2.44. The van der Waals surface area contributed by atoms with Gasteiger partial charge in [0.1, 0.15) is 0 Å². The molecular weight excluding hydrogens is 176 g/mol. The Bertz CT molecular complexity index is 485. The minimum absolute atomic E-state index is 0.184. The van der Waals surface area contributed by atoms with Crippen molar-refractivity contribution in [2.24, 2.45) is 0 Å². The number of rotatable bonds is 2. The normalized spacial score (nSPS) is 10.6. The summed E-state index contributed by atoms with van der Waals surface area (Å²) in [5.41, 5.74) is 1.58. The Morgan fingerprint density at radius 2 is 2.14 bits per heavy atom. The summed E-state index contributed by atoms with van der Waals surface area (Å²) in [6.07, 6.45) is 1.20. The second-order valence-corrected chi connectivity index (χ2v) is 3.14. The maximum Gasteiger partial charge on any atom is 0.201 e. The number of fused-ring (bicyclic) bond motifs is 1. The highest BCUT2D eigenvalue weighted by atomic mass is 16.3. The van der Waals surface area contributed by atoms with Gasteiger partial charge in [-0.25, -0.2) is 0 Å². The summed E-state index contributed by atoms with van der Waals surface area (Å²) in [7, 11) is 0. The van der Waals surface area contributed by atoms with E-state index in [4.69, 9.17) is 5.41 Å². The SMILES string of the molecule is CCn1c(O)c(C=N)c2ccccc21. The van der Waals surface area contributed by atoms with Crippen molar-refractivity contribution in [3.05, 3.63) is 29.8 Å². The molecule has 72 valence electrons. The molecule has 0 aliphatic heterocycles. The molecule has 0 aliphatic rings. The van der Waals surface area contributed by atoms with Gasteiger partial charge in [0.25, 0.3) is 0 Å². The van der Waals surface area contributed by atoms with E-state index in [9.17, 15) is 5.11 Å². The van der Waals surface area contributed by atoms with E-state index < -0.39 is 0 Å². The van der Waals surface area contributed by atoms with Gasteiger partial charge in [-0.1, -0.05) is 18.2 Å². The first-order chi connectivity index (χ1) is 6.79. The highest BCUT2D eigenvalue weighted by Gasteiger charge is 2.12. The Labute approximate surface area is 82.1 Å². The van der Waals surface area contributed by atoms with Crippen LogP contribution in [0.3, 0.4) is 0 Å². The molecule has 2 rings (SSSR count). The van der Waals surface area contributed by atoms with Gasteiger partial charge in [-0.2, -0.15) is 0 Å². The predicted octanol–water partition coefficient (Wildman–Crippen LogP) is 2.36. The third kappa shape index (κ3) is 1.02. The Hall–Kier alpha value is -1.77. The van der Waals surface area contributed by atoms with E-state index in [1.165, 1.54) is 6.21 Å². The van der Waals surface area contributed by atoms with E-state index in [1.807, 2.05) is 31.2 Å². The number of hydrogen-bond acceptors (Lipinski definition) is 2. The molecule has 0 unspecified atom stereocenters. The summed E-state index contributed by atoms with van der Waals surface area (Å²) >= 11 is 0. The van der Waals surface area contributed by atoms with Crippen LogP contribution in [-0.4, -0.2) is 15.9 Å². The maximum atomic E-state index is 9.82. The molecule has 14 heavy (non-hydrogen) atoms. The van der Waals surface area contributed by atoms with Crippen molar-refractivity contribution in [3.63, 3.8) is 0 Å². The van der Waals surface area contributed by atoms with Crippen LogP contribution >= 0.6 is 0 Å². The number of para-hydroxylation sites is 1. The topological polar surface area (TPSA) is 49.0 Å². The molecule has 3 heteroatoms. The van der Waals surface area contributed by atoms with Gasteiger partial charge in [0, 0.05) is 18.1 Å². The lowest BCUT2D eigenvalue weighted by Gasteiger charge is -2.01. The first-order valence-corrected chi connectivity index (χ1v) is 4.60. The number of aromatic hydroxyl groups is 1. The molecule has 2 aromatic rings. The van der Waals surface area contributed by atoms with Crippen LogP contribution in [-0.2, 0) is 6.54 Å². The molecule has 0 amide bonds. The van der Waals surface area contributed by atoms with E-state index in [0.717, 1.165) is 10.9 Å². The Balaban J connectivity index is 2.91. The standard InChI is InChI=1S/C11H12N2O/c1-2-13-10-6-4-3-5-8(10)9(7-12)11(13)14/h3-7,12,14H,2H2,1H3. The summed E-state index contributed by atoms with van der Waals surface area (Å²) in [6, 6.07) is 7.71. The molecule has 0 bridgehead atoms. The highest BCUT2D eigenvalue weighted by Crippen LogP contribution is 2.29. The zero-order chi connectivity index (χ0) is 10.1. The molecule has 1 heterocycles. The fourth-order valence-corrected chi connectivity index (χ4v) is 1.78. The van der Waals surface area contributed by atoms with Gasteiger partial charge in [0.2, 0.25) is 5.88 Å². The monoisotopic (exact) mass is 188 g/mol. The van der Waals surface area contributed by atoms with Crippen molar-refractivity contribution < 1.29 is 5.11 Å². The molecular formula is C11H12N2O. The zero-order valence-electron chi connectivity index (χ0n) is 7.99. The molecule has 2 N–H and O–H groups in total. The maximum absolute atomic E-state index is 9.82. The second-order valence-electron chi connectivity index (χ2n) is 3.14. The molecule has 0 aliphatic carbocycles. The number of aryl methyl sites for hydroxylation is 1. The molecule has 0 fully saturated rings. The van der Waals surface area contributed by atoms with E-state index in [2.05, 4.69) is 0 Å². The first-order valence-electron chi connectivity index (χ1n) is 4.60. The number of nitrogens with zero attached hydrogens (tertiary/aromatic N) is 1. The summed E-state index contributed by atoms with van der Waals surface area (Å²) in [4.78, 5) is 0. The van der Waals surface area contributed by atoms with Gasteiger partial charge in [-0.15, -0.1) is 0 Å². The number of nitrogens with one attached hydrogen (secondary N) is 1. The largest absolute Gasteiger partial charge is 0.494 e. The van der Waals surface area contributed by atoms with Gasteiger partial charge in [0.15, 0.2) is 0 Å². The Kier molecular flexibility index (Phi) is 2.00. The van der Waals surface area contributed by atoms with Crippen molar-refractivity contribution in [2.45, 2.75) is 13.5 Å². The van der Waals surface area contributed by atoms with Crippen LogP contribution < -0.4 is 0 Å². The number of aromatic nitrogens is 1. The lowest BCUT2D eigenvalue weighted by molar-refractivity contribution is 0.425. The van der Waals surface area contributed by atoms with Crippen LogP contribution in [0.4, 0.5) is 0 Å². The zero-order valence-corrected chi connectivity index (χ0v) is 7.99. The van der Waals surface area contributed by atoms with Gasteiger partial charge in [-0.3, -0.25) is 0 Å². The lowest BCUT2D eigenvalue weighted by Crippen LogP contribution is -1.92. The third-order valence-electron chi connectivity index (χ3n) is 2.44. The van der Waals surface area contributed by atoms with Gasteiger partial charge in [-0.05, 0) is 13.0 Å². The van der Waals surface area contributed by atoms with E-state index in [-0.39, 0.29) is 5.88 Å². The summed E-state index contributed by atoms with van der Waals surface area (Å²) in [5, 5.41) is 18.0. The van der Waals surface area contributed by atoms with Crippen molar-refractivity contribution >= 4 is 17.1 Å². The quantitative estimate of drug-likeness (QED) is 0.698. The number of hydrogen-bond donors (Lipinski definition) is 2. The number of benzene rings is 1. The molecule has 0 saturated carbocycles. The lowest BCUT2D eigenvalue weighted by atomic mass is 10.2. The average Bonchev–Trinajstić information content (AvgIpc) is 2.49. The highest BCUT2D eigenvalue weighted by molar-refractivity contribution is 6.01. The summed E-state index contributed by atoms with van der Waals surface area (Å²) < 4.78 is 1.80. The van der Waals surface area contributed by atoms with Crippen molar-refractivity contribution in [2.75, 3.05) is 0 Å². The van der Waals surface area contributed by atoms with Crippen LogP contribution in [0.25, 0.3) is 10.9 Å². The Morgan fingerprint density at radius 1 is 1.43 bits per heavy atom. The molecule has 1 aromatic carbocycles. The molecule has 0 spiro atoms. The fourth-order valence-electron chi connectivity index (χ4n) is 1.78. The van der Waals surface area contributed by atoms with Crippen LogP contribution in [0, 0.1) is 5.41 Å². The average molecular weight is 188 g/mol. The van der Waals surface area contributed by atoms with E-state index in [1.54, 1.807) is 4.57 Å². The first kappa shape index (κ1) is 8.81. The smallest absolute Gasteiger partial charge is 0.201 e. The Morgan fingerprint density at radius 3 is 2.79 bits per heavy atom. The minimum atomic E-state index is 0.184. The summed E-state index contributed by atoms with van der Waals surface area (Å²) in [5.74, 6) is 0.184. The summed E-state index contributed by atoms with van der Waals surface area (Å²) in [6.45, 7) is 2.68. The molecule has 0 saturated heterocycles. The van der Waals surface area contributed by atoms with Crippen LogP contribution in [0.1, 0.15) is 12.5 Å². The minimum Gasteiger partial charge on any atom is -0.494 e.